The van der Waals surface area contributed by atoms with Crippen LogP contribution in [0, 0.1) is 0 Å². The molecule has 10 heteroatoms. The van der Waals surface area contributed by atoms with Crippen molar-refractivity contribution in [2.24, 2.45) is 21.4 Å². The Labute approximate surface area is 162 Å². The maximum atomic E-state index is 10.6. The van der Waals surface area contributed by atoms with E-state index in [1.807, 2.05) is 0 Å². The van der Waals surface area contributed by atoms with Crippen LogP contribution in [0.1, 0.15) is 38.0 Å². The molecular weight excluding hydrogens is 368 g/mol. The minimum atomic E-state index is -1.21. The van der Waals surface area contributed by atoms with Gasteiger partial charge in [-0.25, -0.2) is 4.79 Å². The first-order chi connectivity index (χ1) is 13.4. The SMILES string of the molecule is CO\N=C(C)/C(=N\OC)C(/C)=C(/ON)c1ccccc1C(C)O/N=C\C(=O)O. The zero-order valence-corrected chi connectivity index (χ0v) is 16.4. The summed E-state index contributed by atoms with van der Waals surface area (Å²) in [4.78, 5) is 30.6. The third-order valence-electron chi connectivity index (χ3n) is 3.59. The van der Waals surface area contributed by atoms with Crippen molar-refractivity contribution < 1.29 is 29.3 Å². The Morgan fingerprint density at radius 1 is 1.18 bits per heavy atom. The van der Waals surface area contributed by atoms with Crippen molar-refractivity contribution >= 4 is 29.4 Å². The Bertz CT molecular complexity index is 801. The molecule has 0 aliphatic rings. The van der Waals surface area contributed by atoms with Crippen molar-refractivity contribution in [3.8, 4) is 0 Å². The van der Waals surface area contributed by atoms with Crippen molar-refractivity contribution in [2.75, 3.05) is 14.2 Å². The molecule has 0 heterocycles. The molecule has 0 aliphatic carbocycles. The fourth-order valence-corrected chi connectivity index (χ4v) is 2.42. The van der Waals surface area contributed by atoms with Gasteiger partial charge in [-0.2, -0.15) is 5.90 Å². The first kappa shape index (κ1) is 22.6. The van der Waals surface area contributed by atoms with E-state index in [0.29, 0.717) is 40.1 Å². The molecule has 0 spiro atoms. The molecule has 3 N–H and O–H groups in total. The van der Waals surface area contributed by atoms with Crippen LogP contribution < -0.4 is 5.90 Å². The van der Waals surface area contributed by atoms with E-state index in [-0.39, 0.29) is 0 Å². The number of allylic oxidation sites excluding steroid dienone is 1. The van der Waals surface area contributed by atoms with Gasteiger partial charge in [-0.3, -0.25) is 0 Å². The van der Waals surface area contributed by atoms with Crippen molar-refractivity contribution in [3.63, 3.8) is 0 Å². The lowest BCUT2D eigenvalue weighted by atomic mass is 9.97. The predicted molar refractivity (Wildman–Crippen MR) is 104 cm³/mol. The molecule has 10 nitrogen and oxygen atoms in total. The summed E-state index contributed by atoms with van der Waals surface area (Å²) in [7, 11) is 2.82. The number of benzene rings is 1. The van der Waals surface area contributed by atoms with Gasteiger partial charge in [0.2, 0.25) is 0 Å². The Kier molecular flexibility index (Phi) is 9.17. The first-order valence-electron chi connectivity index (χ1n) is 8.15. The number of aliphatic carboxylic acids is 1. The minimum absolute atomic E-state index is 0.301. The molecule has 1 unspecified atom stereocenters. The van der Waals surface area contributed by atoms with Crippen molar-refractivity contribution in [2.45, 2.75) is 26.9 Å². The van der Waals surface area contributed by atoms with Crippen LogP contribution in [0.2, 0.25) is 0 Å². The van der Waals surface area contributed by atoms with E-state index in [1.54, 1.807) is 45.0 Å². The summed E-state index contributed by atoms with van der Waals surface area (Å²) in [6.45, 7) is 5.14. The first-order valence-corrected chi connectivity index (χ1v) is 8.15. The van der Waals surface area contributed by atoms with E-state index in [2.05, 4.69) is 15.5 Å². The van der Waals surface area contributed by atoms with Crippen LogP contribution in [0.15, 0.2) is 45.3 Å². The topological polar surface area (TPSA) is 137 Å². The second kappa shape index (κ2) is 11.3. The van der Waals surface area contributed by atoms with Gasteiger partial charge in [0.05, 0.1) is 0 Å². The van der Waals surface area contributed by atoms with Gasteiger partial charge in [0.25, 0.3) is 0 Å². The smallest absolute Gasteiger partial charge is 0.350 e. The van der Waals surface area contributed by atoms with Crippen LogP contribution >= 0.6 is 0 Å². The zero-order valence-electron chi connectivity index (χ0n) is 16.4. The number of rotatable bonds is 10. The highest BCUT2D eigenvalue weighted by molar-refractivity contribution is 6.48. The van der Waals surface area contributed by atoms with Gasteiger partial charge in [-0.15, -0.1) is 0 Å². The van der Waals surface area contributed by atoms with Crippen LogP contribution in [0.4, 0.5) is 0 Å². The number of hydrogen-bond acceptors (Lipinski definition) is 9. The van der Waals surface area contributed by atoms with Crippen LogP contribution in [0.5, 0.6) is 0 Å². The Morgan fingerprint density at radius 2 is 1.82 bits per heavy atom. The van der Waals surface area contributed by atoms with Gasteiger partial charge < -0.3 is 24.5 Å². The molecule has 0 bridgehead atoms. The highest BCUT2D eigenvalue weighted by Crippen LogP contribution is 2.29. The van der Waals surface area contributed by atoms with E-state index in [4.69, 9.17) is 30.4 Å². The lowest BCUT2D eigenvalue weighted by Gasteiger charge is -2.18. The van der Waals surface area contributed by atoms with Crippen molar-refractivity contribution in [3.05, 3.63) is 41.0 Å². The molecule has 28 heavy (non-hydrogen) atoms. The normalized spacial score (nSPS) is 14.4. The van der Waals surface area contributed by atoms with Gasteiger partial charge in [0, 0.05) is 16.7 Å². The van der Waals surface area contributed by atoms with Crippen LogP contribution in [-0.4, -0.2) is 42.9 Å². The van der Waals surface area contributed by atoms with Gasteiger partial charge >= 0.3 is 5.97 Å². The lowest BCUT2D eigenvalue weighted by molar-refractivity contribution is -0.129. The highest BCUT2D eigenvalue weighted by Gasteiger charge is 2.21. The molecular formula is C18H24N4O6. The van der Waals surface area contributed by atoms with Crippen molar-refractivity contribution in [1.29, 1.82) is 0 Å². The maximum Gasteiger partial charge on any atom is 0.350 e. The summed E-state index contributed by atoms with van der Waals surface area (Å²) in [5.74, 6) is 4.64. The molecule has 0 saturated heterocycles. The number of carboxylic acid groups (broad SMARTS) is 1. The second-order valence-electron chi connectivity index (χ2n) is 5.46. The molecule has 152 valence electrons. The molecule has 1 aromatic rings. The Morgan fingerprint density at radius 3 is 2.39 bits per heavy atom. The predicted octanol–water partition coefficient (Wildman–Crippen LogP) is 2.48. The van der Waals surface area contributed by atoms with E-state index < -0.39 is 12.1 Å². The number of nitrogens with two attached hydrogens (primary N) is 1. The van der Waals surface area contributed by atoms with Gasteiger partial charge in [0.15, 0.2) is 18.1 Å². The molecule has 1 atom stereocenters. The van der Waals surface area contributed by atoms with Crippen LogP contribution in [0.25, 0.3) is 5.76 Å². The summed E-state index contributed by atoms with van der Waals surface area (Å²) in [6.07, 6.45) is 0.0791. The molecule has 0 aromatic heterocycles. The molecule has 0 aliphatic heterocycles. The summed E-state index contributed by atoms with van der Waals surface area (Å²) in [5, 5.41) is 19.9. The van der Waals surface area contributed by atoms with E-state index in [9.17, 15) is 4.79 Å². The van der Waals surface area contributed by atoms with Gasteiger partial charge in [0.1, 0.15) is 25.6 Å². The number of carbonyl (C=O) groups is 1. The third kappa shape index (κ3) is 6.09. The van der Waals surface area contributed by atoms with Crippen LogP contribution in [-0.2, 0) is 24.1 Å². The quantitative estimate of drug-likeness (QED) is 0.354. The largest absolute Gasteiger partial charge is 0.477 e. The summed E-state index contributed by atoms with van der Waals surface area (Å²) < 4.78 is 0. The summed E-state index contributed by atoms with van der Waals surface area (Å²) >= 11 is 0. The van der Waals surface area contributed by atoms with Gasteiger partial charge in [-0.05, 0) is 20.8 Å². The maximum absolute atomic E-state index is 10.6. The monoisotopic (exact) mass is 392 g/mol. The summed E-state index contributed by atoms with van der Waals surface area (Å²) in [5.41, 5.74) is 2.63. The number of hydrogen-bond donors (Lipinski definition) is 2. The van der Waals surface area contributed by atoms with Crippen LogP contribution in [0.3, 0.4) is 0 Å². The average Bonchev–Trinajstić information content (AvgIpc) is 2.66. The average molecular weight is 392 g/mol. The standard InChI is InChI=1S/C18H24N4O6/c1-11(17(22-26-5)12(2)21-25-4)18(27-19)15-9-7-6-8-14(15)13(3)28-20-10-16(23)24/h6-10,13H,19H2,1-5H3,(H,23,24)/b18-11+,20-10-,21-12-,22-17-. The second-order valence-corrected chi connectivity index (χ2v) is 5.46. The molecule has 1 rings (SSSR count). The molecule has 0 fully saturated rings. The fraction of sp³-hybridized carbons (Fsp3) is 0.333. The zero-order chi connectivity index (χ0) is 21.1. The Hall–Kier alpha value is -3.40. The molecule has 0 radical (unpaired) electrons. The highest BCUT2D eigenvalue weighted by atomic mass is 16.6. The summed E-state index contributed by atoms with van der Waals surface area (Å²) in [6, 6.07) is 7.15. The molecule has 1 aromatic carbocycles. The molecule has 0 amide bonds. The molecule has 0 saturated carbocycles. The number of oxime groups is 3. The van der Waals surface area contributed by atoms with E-state index in [0.717, 1.165) is 0 Å². The van der Waals surface area contributed by atoms with Crippen molar-refractivity contribution in [1.82, 2.24) is 0 Å². The minimum Gasteiger partial charge on any atom is -0.477 e. The van der Waals surface area contributed by atoms with Gasteiger partial charge in [-0.1, -0.05) is 39.7 Å². The van der Waals surface area contributed by atoms with E-state index in [1.165, 1.54) is 14.2 Å². The van der Waals surface area contributed by atoms with E-state index >= 15 is 0 Å². The number of carboxylic acids is 1. The third-order valence-corrected chi connectivity index (χ3v) is 3.59. The Balaban J connectivity index is 3.45. The fourth-order valence-electron chi connectivity index (χ4n) is 2.42. The number of nitrogens with zero attached hydrogens (tertiary/aromatic N) is 3. The lowest BCUT2D eigenvalue weighted by Crippen LogP contribution is -2.17.